The highest BCUT2D eigenvalue weighted by Gasteiger charge is 2.53. The van der Waals surface area contributed by atoms with Crippen LogP contribution in [0.5, 0.6) is 0 Å². The standard InChI is InChI=1S/C23H31N5OS/c1-17-6-11-30-20(17)15-27-10-2-7-23(21(29)26-12-18-4-5-18)16-28(14-19(23)13-27)22-24-8-3-9-25-22/h3,6,8-9,11,18-19H,2,4-5,7,10,12-16H2,1H3,(H,26,29)/t19-,23+/m0/s1. The number of aryl methyl sites for hydroxylation is 1. The molecule has 2 aromatic heterocycles. The first-order valence-electron chi connectivity index (χ1n) is 11.2. The van der Waals surface area contributed by atoms with Crippen LogP contribution in [0.4, 0.5) is 5.95 Å². The van der Waals surface area contributed by atoms with Crippen molar-refractivity contribution in [2.45, 2.75) is 39.2 Å². The normalized spacial score (nSPS) is 27.0. The predicted octanol–water partition coefficient (Wildman–Crippen LogP) is 3.09. The molecule has 30 heavy (non-hydrogen) atoms. The van der Waals surface area contributed by atoms with Crippen molar-refractivity contribution in [2.75, 3.05) is 37.6 Å². The van der Waals surface area contributed by atoms with Gasteiger partial charge in [-0.15, -0.1) is 11.3 Å². The van der Waals surface area contributed by atoms with Gasteiger partial charge in [0.1, 0.15) is 0 Å². The molecule has 1 N–H and O–H groups in total. The summed E-state index contributed by atoms with van der Waals surface area (Å²) in [6.07, 6.45) is 8.10. The average Bonchev–Trinajstić information content (AvgIpc) is 3.45. The van der Waals surface area contributed by atoms with E-state index in [1.807, 2.05) is 17.4 Å². The van der Waals surface area contributed by atoms with Crippen LogP contribution < -0.4 is 10.2 Å². The SMILES string of the molecule is Cc1ccsc1CN1CCC[C@@]2(C(=O)NCC3CC3)CN(c3ncccn3)C[C@@H]2C1. The lowest BCUT2D eigenvalue weighted by Gasteiger charge is -2.32. The third-order valence-corrected chi connectivity index (χ3v) is 8.15. The zero-order valence-corrected chi connectivity index (χ0v) is 18.5. The number of carbonyl (C=O) groups is 1. The maximum atomic E-state index is 13.5. The molecule has 2 saturated heterocycles. The van der Waals surface area contributed by atoms with Crippen molar-refractivity contribution < 1.29 is 4.79 Å². The summed E-state index contributed by atoms with van der Waals surface area (Å²) < 4.78 is 0. The monoisotopic (exact) mass is 425 g/mol. The second-order valence-electron chi connectivity index (χ2n) is 9.30. The van der Waals surface area contributed by atoms with Crippen LogP contribution in [-0.2, 0) is 11.3 Å². The van der Waals surface area contributed by atoms with Crippen molar-refractivity contribution in [3.05, 3.63) is 40.3 Å². The second-order valence-corrected chi connectivity index (χ2v) is 10.3. The number of rotatable bonds is 6. The molecule has 0 bridgehead atoms. The Morgan fingerprint density at radius 1 is 1.30 bits per heavy atom. The van der Waals surface area contributed by atoms with Gasteiger partial charge >= 0.3 is 0 Å². The molecular weight excluding hydrogens is 394 g/mol. The minimum absolute atomic E-state index is 0.256. The third-order valence-electron chi connectivity index (χ3n) is 7.14. The van der Waals surface area contributed by atoms with Gasteiger partial charge in [-0.3, -0.25) is 9.69 Å². The molecule has 0 unspecified atom stereocenters. The first-order valence-corrected chi connectivity index (χ1v) is 12.1. The summed E-state index contributed by atoms with van der Waals surface area (Å²) >= 11 is 1.84. The maximum absolute atomic E-state index is 13.5. The predicted molar refractivity (Wildman–Crippen MR) is 119 cm³/mol. The Kier molecular flexibility index (Phi) is 5.50. The summed E-state index contributed by atoms with van der Waals surface area (Å²) in [4.78, 5) is 28.8. The van der Waals surface area contributed by atoms with Gasteiger partial charge in [-0.05, 0) is 68.1 Å². The van der Waals surface area contributed by atoms with Gasteiger partial charge in [0.05, 0.1) is 5.41 Å². The first kappa shape index (κ1) is 19.9. The van der Waals surface area contributed by atoms with E-state index in [9.17, 15) is 4.79 Å². The van der Waals surface area contributed by atoms with Crippen LogP contribution in [0.25, 0.3) is 0 Å². The molecule has 7 heteroatoms. The van der Waals surface area contributed by atoms with E-state index in [0.29, 0.717) is 11.8 Å². The molecule has 2 aliphatic heterocycles. The zero-order valence-electron chi connectivity index (χ0n) is 17.7. The Morgan fingerprint density at radius 3 is 2.87 bits per heavy atom. The van der Waals surface area contributed by atoms with E-state index in [-0.39, 0.29) is 11.3 Å². The molecule has 3 aliphatic rings. The molecule has 2 atom stereocenters. The fraction of sp³-hybridized carbons (Fsp3) is 0.609. The van der Waals surface area contributed by atoms with E-state index >= 15 is 0 Å². The molecule has 5 rings (SSSR count). The van der Waals surface area contributed by atoms with Gasteiger partial charge in [0.25, 0.3) is 0 Å². The van der Waals surface area contributed by atoms with Crippen molar-refractivity contribution >= 4 is 23.2 Å². The molecule has 1 aliphatic carbocycles. The Morgan fingerprint density at radius 2 is 2.13 bits per heavy atom. The summed E-state index contributed by atoms with van der Waals surface area (Å²) in [7, 11) is 0. The second kappa shape index (κ2) is 8.27. The smallest absolute Gasteiger partial charge is 0.228 e. The maximum Gasteiger partial charge on any atom is 0.228 e. The van der Waals surface area contributed by atoms with E-state index in [2.05, 4.69) is 43.5 Å². The van der Waals surface area contributed by atoms with Crippen molar-refractivity contribution in [1.82, 2.24) is 20.2 Å². The number of aromatic nitrogens is 2. The van der Waals surface area contributed by atoms with Gasteiger partial charge < -0.3 is 10.2 Å². The number of nitrogens with zero attached hydrogens (tertiary/aromatic N) is 4. The molecule has 4 heterocycles. The van der Waals surface area contributed by atoms with Gasteiger partial charge in [-0.1, -0.05) is 0 Å². The molecular formula is C23H31N5OS. The van der Waals surface area contributed by atoms with Crippen LogP contribution in [0.1, 0.15) is 36.1 Å². The lowest BCUT2D eigenvalue weighted by atomic mass is 9.74. The number of amides is 1. The molecule has 0 aromatic carbocycles. The molecule has 1 saturated carbocycles. The minimum Gasteiger partial charge on any atom is -0.355 e. The van der Waals surface area contributed by atoms with E-state index in [0.717, 1.165) is 58.1 Å². The fourth-order valence-corrected chi connectivity index (χ4v) is 6.08. The molecule has 0 radical (unpaired) electrons. The number of thiophene rings is 1. The fourth-order valence-electron chi connectivity index (χ4n) is 5.14. The number of carbonyl (C=O) groups excluding carboxylic acids is 1. The minimum atomic E-state index is -0.340. The van der Waals surface area contributed by atoms with E-state index in [1.165, 1.54) is 23.3 Å². The lowest BCUT2D eigenvalue weighted by molar-refractivity contribution is -0.132. The molecule has 1 amide bonds. The van der Waals surface area contributed by atoms with Crippen LogP contribution in [0.2, 0.25) is 0 Å². The van der Waals surface area contributed by atoms with Gasteiger partial charge in [0.15, 0.2) is 0 Å². The Bertz CT molecular complexity index is 883. The number of hydrogen-bond acceptors (Lipinski definition) is 6. The average molecular weight is 426 g/mol. The number of anilines is 1. The zero-order chi connectivity index (χ0) is 20.6. The Labute approximate surface area is 182 Å². The van der Waals surface area contributed by atoms with Crippen LogP contribution in [0.15, 0.2) is 29.9 Å². The van der Waals surface area contributed by atoms with E-state index in [4.69, 9.17) is 0 Å². The molecule has 0 spiro atoms. The number of nitrogens with one attached hydrogen (secondary N) is 1. The largest absolute Gasteiger partial charge is 0.355 e. The molecule has 160 valence electrons. The van der Waals surface area contributed by atoms with Crippen LogP contribution in [0.3, 0.4) is 0 Å². The Balaban J connectivity index is 1.38. The van der Waals surface area contributed by atoms with Crippen molar-refractivity contribution in [1.29, 1.82) is 0 Å². The first-order chi connectivity index (χ1) is 14.6. The summed E-state index contributed by atoms with van der Waals surface area (Å²) in [5, 5.41) is 5.51. The van der Waals surface area contributed by atoms with Crippen molar-refractivity contribution in [3.8, 4) is 0 Å². The van der Waals surface area contributed by atoms with E-state index < -0.39 is 0 Å². The lowest BCUT2D eigenvalue weighted by Crippen LogP contribution is -2.48. The quantitative estimate of drug-likeness (QED) is 0.771. The molecule has 3 fully saturated rings. The number of likely N-dealkylation sites (tertiary alicyclic amines) is 1. The van der Waals surface area contributed by atoms with Crippen LogP contribution >= 0.6 is 11.3 Å². The van der Waals surface area contributed by atoms with Gasteiger partial charge in [-0.2, -0.15) is 0 Å². The summed E-state index contributed by atoms with van der Waals surface area (Å²) in [5.41, 5.74) is 1.04. The summed E-state index contributed by atoms with van der Waals surface area (Å²) in [6.45, 7) is 7.62. The van der Waals surface area contributed by atoms with Crippen LogP contribution in [0, 0.1) is 24.2 Å². The summed E-state index contributed by atoms with van der Waals surface area (Å²) in [5.74, 6) is 2.00. The topological polar surface area (TPSA) is 61.4 Å². The van der Waals surface area contributed by atoms with Crippen LogP contribution in [-0.4, -0.2) is 53.5 Å². The number of hydrogen-bond donors (Lipinski definition) is 1. The highest BCUT2D eigenvalue weighted by atomic mass is 32.1. The number of fused-ring (bicyclic) bond motifs is 1. The van der Waals surface area contributed by atoms with E-state index in [1.54, 1.807) is 12.4 Å². The van der Waals surface area contributed by atoms with Gasteiger partial charge in [-0.25, -0.2) is 9.97 Å². The Hall–Kier alpha value is -1.99. The highest BCUT2D eigenvalue weighted by Crippen LogP contribution is 2.44. The van der Waals surface area contributed by atoms with Gasteiger partial charge in [0.2, 0.25) is 11.9 Å². The molecule has 6 nitrogen and oxygen atoms in total. The molecule has 2 aromatic rings. The highest BCUT2D eigenvalue weighted by molar-refractivity contribution is 7.10. The summed E-state index contributed by atoms with van der Waals surface area (Å²) in [6, 6.07) is 4.05. The van der Waals surface area contributed by atoms with Gasteiger partial charge in [0, 0.05) is 55.9 Å². The van der Waals surface area contributed by atoms with Crippen molar-refractivity contribution in [2.24, 2.45) is 17.3 Å². The third kappa shape index (κ3) is 3.97. The van der Waals surface area contributed by atoms with Crippen molar-refractivity contribution in [3.63, 3.8) is 0 Å².